The lowest BCUT2D eigenvalue weighted by molar-refractivity contribution is 0.0784. The number of H-pyrrole nitrogens is 1. The molecule has 0 atom stereocenters. The quantitative estimate of drug-likeness (QED) is 0.669. The molecule has 1 N–H and O–H groups in total. The van der Waals surface area contributed by atoms with E-state index in [-0.39, 0.29) is 18.0 Å². The third-order valence-corrected chi connectivity index (χ3v) is 4.69. The first-order valence-electron chi connectivity index (χ1n) is 7.79. The van der Waals surface area contributed by atoms with E-state index in [1.807, 2.05) is 12.1 Å². The maximum Gasteiger partial charge on any atom is 0.253 e. The van der Waals surface area contributed by atoms with Gasteiger partial charge < -0.3 is 4.90 Å². The number of nitrogens with zero attached hydrogens (tertiary/aromatic N) is 3. The minimum absolute atomic E-state index is 0.0635. The van der Waals surface area contributed by atoms with Crippen LogP contribution in [0.3, 0.4) is 0 Å². The second-order valence-electron chi connectivity index (χ2n) is 5.67. The van der Waals surface area contributed by atoms with Gasteiger partial charge in [-0.2, -0.15) is 5.10 Å². The lowest BCUT2D eigenvalue weighted by Gasteiger charge is -2.18. The van der Waals surface area contributed by atoms with Crippen LogP contribution < -0.4 is 0 Å². The number of hydrogen-bond acceptors (Lipinski definition) is 4. The lowest BCUT2D eigenvalue weighted by atomic mass is 10.1. The Morgan fingerprint density at radius 3 is 2.62 bits per heavy atom. The molecule has 0 aliphatic heterocycles. The molecule has 3 rings (SSSR count). The molecule has 0 spiro atoms. The fourth-order valence-electron chi connectivity index (χ4n) is 2.36. The first-order valence-corrected chi connectivity index (χ1v) is 8.78. The normalized spacial score (nSPS) is 10.7. The Balaban J connectivity index is 1.61. The van der Waals surface area contributed by atoms with Gasteiger partial charge in [0.2, 0.25) is 0 Å². The molecule has 3 aromatic rings. The van der Waals surface area contributed by atoms with Gasteiger partial charge in [-0.15, -0.1) is 0 Å². The Morgan fingerprint density at radius 2 is 1.96 bits per heavy atom. The number of carbonyl (C=O) groups excluding carboxylic acids is 1. The van der Waals surface area contributed by atoms with Gasteiger partial charge in [-0.05, 0) is 23.8 Å². The summed E-state index contributed by atoms with van der Waals surface area (Å²) in [4.78, 5) is 17.9. The van der Waals surface area contributed by atoms with Gasteiger partial charge in [0.15, 0.2) is 5.16 Å². The molecule has 5 nitrogen and oxygen atoms in total. The van der Waals surface area contributed by atoms with Crippen LogP contribution in [0, 0.1) is 11.6 Å². The smallest absolute Gasteiger partial charge is 0.253 e. The zero-order valence-corrected chi connectivity index (χ0v) is 14.8. The van der Waals surface area contributed by atoms with Crippen molar-refractivity contribution in [3.8, 4) is 0 Å². The molecule has 0 aliphatic carbocycles. The molecule has 0 bridgehead atoms. The number of thioether (sulfide) groups is 1. The summed E-state index contributed by atoms with van der Waals surface area (Å²) in [6.07, 6.45) is 1.45. The zero-order chi connectivity index (χ0) is 18.5. The maximum absolute atomic E-state index is 13.7. The molecule has 134 valence electrons. The van der Waals surface area contributed by atoms with E-state index in [1.165, 1.54) is 35.1 Å². The summed E-state index contributed by atoms with van der Waals surface area (Å²) in [7, 11) is 1.58. The van der Waals surface area contributed by atoms with E-state index in [2.05, 4.69) is 15.2 Å². The van der Waals surface area contributed by atoms with Gasteiger partial charge in [-0.3, -0.25) is 9.89 Å². The summed E-state index contributed by atoms with van der Waals surface area (Å²) >= 11 is 1.51. The number of carbonyl (C=O) groups is 1. The average Bonchev–Trinajstić information content (AvgIpc) is 3.15. The molecule has 1 heterocycles. The summed E-state index contributed by atoms with van der Waals surface area (Å²) < 4.78 is 26.7. The van der Waals surface area contributed by atoms with Crippen LogP contribution in [0.4, 0.5) is 8.78 Å². The van der Waals surface area contributed by atoms with Crippen LogP contribution in [0.15, 0.2) is 53.9 Å². The SMILES string of the molecule is CN(Cc1ccc(F)cc1F)C(=O)c1ccc(CSc2ncn[nH]2)cc1. The number of aromatic nitrogens is 3. The summed E-state index contributed by atoms with van der Waals surface area (Å²) in [6, 6.07) is 10.5. The third kappa shape index (κ3) is 4.45. The Labute approximate surface area is 153 Å². The van der Waals surface area contributed by atoms with Gasteiger partial charge in [-0.25, -0.2) is 13.8 Å². The third-order valence-electron chi connectivity index (χ3n) is 3.74. The summed E-state index contributed by atoms with van der Waals surface area (Å²) in [6.45, 7) is 0.0635. The molecule has 0 saturated heterocycles. The van der Waals surface area contributed by atoms with E-state index in [1.54, 1.807) is 19.2 Å². The summed E-state index contributed by atoms with van der Waals surface area (Å²) in [5.41, 5.74) is 1.81. The first kappa shape index (κ1) is 18.1. The first-order chi connectivity index (χ1) is 12.5. The largest absolute Gasteiger partial charge is 0.337 e. The van der Waals surface area contributed by atoms with E-state index in [9.17, 15) is 13.6 Å². The van der Waals surface area contributed by atoms with E-state index in [0.29, 0.717) is 11.3 Å². The highest BCUT2D eigenvalue weighted by Gasteiger charge is 2.14. The fourth-order valence-corrected chi connectivity index (χ4v) is 3.09. The van der Waals surface area contributed by atoms with Gasteiger partial charge in [-0.1, -0.05) is 30.0 Å². The Kier molecular flexibility index (Phi) is 5.62. The predicted octanol–water partition coefficient (Wildman–Crippen LogP) is 3.65. The highest BCUT2D eigenvalue weighted by Crippen LogP contribution is 2.19. The maximum atomic E-state index is 13.7. The lowest BCUT2D eigenvalue weighted by Crippen LogP contribution is -2.26. The average molecular weight is 374 g/mol. The topological polar surface area (TPSA) is 61.9 Å². The van der Waals surface area contributed by atoms with Gasteiger partial charge in [0.05, 0.1) is 0 Å². The second kappa shape index (κ2) is 8.09. The number of nitrogens with one attached hydrogen (secondary N) is 1. The van der Waals surface area contributed by atoms with E-state index in [4.69, 9.17) is 0 Å². The zero-order valence-electron chi connectivity index (χ0n) is 13.9. The molecule has 1 amide bonds. The predicted molar refractivity (Wildman–Crippen MR) is 94.5 cm³/mol. The fraction of sp³-hybridized carbons (Fsp3) is 0.167. The van der Waals surface area contributed by atoms with E-state index < -0.39 is 11.6 Å². The van der Waals surface area contributed by atoms with Crippen molar-refractivity contribution < 1.29 is 13.6 Å². The Bertz CT molecular complexity index is 885. The van der Waals surface area contributed by atoms with Crippen LogP contribution in [0.25, 0.3) is 0 Å². The molecule has 0 saturated carbocycles. The standard InChI is InChI=1S/C18H16F2N4OS/c1-24(9-14-6-7-15(19)8-16(14)20)17(25)13-4-2-12(3-5-13)10-26-18-21-11-22-23-18/h2-8,11H,9-10H2,1H3,(H,21,22,23). The van der Waals surface area contributed by atoms with Crippen molar-refractivity contribution in [2.24, 2.45) is 0 Å². The number of rotatable bonds is 6. The van der Waals surface area contributed by atoms with Crippen molar-refractivity contribution in [1.82, 2.24) is 20.1 Å². The van der Waals surface area contributed by atoms with Crippen molar-refractivity contribution >= 4 is 17.7 Å². The van der Waals surface area contributed by atoms with E-state index in [0.717, 1.165) is 16.8 Å². The van der Waals surface area contributed by atoms with Gasteiger partial charge >= 0.3 is 0 Å². The second-order valence-corrected chi connectivity index (χ2v) is 6.64. The van der Waals surface area contributed by atoms with Gasteiger partial charge in [0.1, 0.15) is 18.0 Å². The number of aromatic amines is 1. The summed E-state index contributed by atoms with van der Waals surface area (Å²) in [5.74, 6) is -0.841. The Hall–Kier alpha value is -2.74. The van der Waals surface area contributed by atoms with Crippen LogP contribution >= 0.6 is 11.8 Å². The van der Waals surface area contributed by atoms with E-state index >= 15 is 0 Å². The Morgan fingerprint density at radius 1 is 1.19 bits per heavy atom. The molecule has 2 aromatic carbocycles. The van der Waals surface area contributed by atoms with Crippen LogP contribution in [-0.4, -0.2) is 33.0 Å². The van der Waals surface area contributed by atoms with Crippen LogP contribution in [-0.2, 0) is 12.3 Å². The molecule has 0 unspecified atom stereocenters. The highest BCUT2D eigenvalue weighted by molar-refractivity contribution is 7.98. The minimum atomic E-state index is -0.663. The number of amides is 1. The highest BCUT2D eigenvalue weighted by atomic mass is 32.2. The van der Waals surface area contributed by atoms with Crippen molar-refractivity contribution in [3.05, 3.63) is 77.1 Å². The van der Waals surface area contributed by atoms with Crippen molar-refractivity contribution in [1.29, 1.82) is 0 Å². The van der Waals surface area contributed by atoms with Gasteiger partial charge in [0, 0.05) is 36.5 Å². The summed E-state index contributed by atoms with van der Waals surface area (Å²) in [5, 5.41) is 7.28. The van der Waals surface area contributed by atoms with Crippen LogP contribution in [0.5, 0.6) is 0 Å². The molecule has 0 radical (unpaired) electrons. The van der Waals surface area contributed by atoms with Crippen molar-refractivity contribution in [2.45, 2.75) is 17.5 Å². The van der Waals surface area contributed by atoms with Crippen LogP contribution in [0.1, 0.15) is 21.5 Å². The number of halogens is 2. The molecular formula is C18H16F2N4OS. The number of benzene rings is 2. The molecule has 8 heteroatoms. The molecule has 1 aromatic heterocycles. The monoisotopic (exact) mass is 374 g/mol. The molecule has 0 aliphatic rings. The van der Waals surface area contributed by atoms with Gasteiger partial charge in [0.25, 0.3) is 5.91 Å². The van der Waals surface area contributed by atoms with Crippen molar-refractivity contribution in [3.63, 3.8) is 0 Å². The van der Waals surface area contributed by atoms with Crippen LogP contribution in [0.2, 0.25) is 0 Å². The number of hydrogen-bond donors (Lipinski definition) is 1. The molecule has 26 heavy (non-hydrogen) atoms. The molecular weight excluding hydrogens is 358 g/mol. The van der Waals surface area contributed by atoms with Crippen molar-refractivity contribution in [2.75, 3.05) is 7.05 Å². The minimum Gasteiger partial charge on any atom is -0.337 e. The molecule has 0 fully saturated rings.